The Kier molecular flexibility index (Phi) is 6.07. The van der Waals surface area contributed by atoms with E-state index in [0.717, 1.165) is 5.56 Å². The molecule has 0 spiro atoms. The second-order valence-electron chi connectivity index (χ2n) is 10.0. The fourth-order valence-corrected chi connectivity index (χ4v) is 5.59. The molecule has 0 saturated carbocycles. The Balaban J connectivity index is 1.24. The summed E-state index contributed by atoms with van der Waals surface area (Å²) >= 11 is 0. The molecule has 7 nitrogen and oxygen atoms in total. The molecule has 2 fully saturated rings. The summed E-state index contributed by atoms with van der Waals surface area (Å²) in [5, 5.41) is 10.1. The number of rotatable bonds is 4. The predicted molar refractivity (Wildman–Crippen MR) is 132 cm³/mol. The van der Waals surface area contributed by atoms with Crippen LogP contribution in [0, 0.1) is 5.82 Å². The molecule has 2 aromatic heterocycles. The van der Waals surface area contributed by atoms with E-state index in [0.29, 0.717) is 40.3 Å². The summed E-state index contributed by atoms with van der Waals surface area (Å²) in [6.45, 7) is 0.848. The number of nitrogens with zero attached hydrogens (tertiary/aromatic N) is 4. The highest BCUT2D eigenvalue weighted by Crippen LogP contribution is 2.41. The number of aromatic nitrogens is 3. The topological polar surface area (TPSA) is 85.4 Å². The van der Waals surface area contributed by atoms with Crippen molar-refractivity contribution in [1.82, 2.24) is 24.8 Å². The number of hydrogen-bond donors (Lipinski definition) is 2. The monoisotopic (exact) mass is 527 g/mol. The Morgan fingerprint density at radius 2 is 1.79 bits per heavy atom. The van der Waals surface area contributed by atoms with E-state index in [1.165, 1.54) is 40.1 Å². The molecule has 11 heteroatoms. The Morgan fingerprint density at radius 3 is 2.50 bits per heavy atom. The minimum absolute atomic E-state index is 0.0169. The standard InChI is InChI=1S/C27H25F4N5O2/c28-17-2-4-21-20(12-17)19(5-8-32-21)15-6-9-35(10-7-15)24(27(29,30)31)25-33-22-3-1-16(11-23(22)34-25)26(38)36-13-18(37)14-36/h1-5,8,11-12,15,18,24,37H,6-7,9-10,13-14H2,(H,33,34). The molecule has 0 radical (unpaired) electrons. The summed E-state index contributed by atoms with van der Waals surface area (Å²) in [6.07, 6.45) is -2.51. The van der Waals surface area contributed by atoms with E-state index in [4.69, 9.17) is 0 Å². The highest BCUT2D eigenvalue weighted by atomic mass is 19.4. The number of carbonyl (C=O) groups is 1. The highest BCUT2D eigenvalue weighted by Gasteiger charge is 2.47. The van der Waals surface area contributed by atoms with Crippen LogP contribution >= 0.6 is 0 Å². The van der Waals surface area contributed by atoms with Gasteiger partial charge in [-0.25, -0.2) is 9.37 Å². The Bertz CT molecular complexity index is 1510. The summed E-state index contributed by atoms with van der Waals surface area (Å²) in [5.41, 5.74) is 2.57. The van der Waals surface area contributed by atoms with Gasteiger partial charge < -0.3 is 15.0 Å². The van der Waals surface area contributed by atoms with Gasteiger partial charge in [-0.15, -0.1) is 0 Å². The molecule has 4 aromatic rings. The molecule has 4 heterocycles. The summed E-state index contributed by atoms with van der Waals surface area (Å²) in [5.74, 6) is -0.895. The number of hydrogen-bond acceptors (Lipinski definition) is 5. The molecule has 2 saturated heterocycles. The quantitative estimate of drug-likeness (QED) is 0.381. The molecule has 1 atom stereocenters. The van der Waals surface area contributed by atoms with E-state index in [1.807, 2.05) is 6.07 Å². The molecule has 6 rings (SSSR count). The average Bonchev–Trinajstić information content (AvgIpc) is 3.28. The average molecular weight is 528 g/mol. The van der Waals surface area contributed by atoms with Gasteiger partial charge in [-0.3, -0.25) is 14.7 Å². The number of nitrogens with one attached hydrogen (secondary N) is 1. The zero-order chi connectivity index (χ0) is 26.6. The van der Waals surface area contributed by atoms with Crippen molar-refractivity contribution in [3.63, 3.8) is 0 Å². The number of piperidine rings is 1. The molecule has 198 valence electrons. The first kappa shape index (κ1) is 24.7. The number of alkyl halides is 3. The van der Waals surface area contributed by atoms with Crippen molar-refractivity contribution in [2.75, 3.05) is 26.2 Å². The molecule has 38 heavy (non-hydrogen) atoms. The van der Waals surface area contributed by atoms with Gasteiger partial charge in [0.2, 0.25) is 0 Å². The summed E-state index contributed by atoms with van der Waals surface area (Å²) in [6, 6.07) is 8.86. The van der Waals surface area contributed by atoms with Gasteiger partial charge in [-0.05, 0) is 79.9 Å². The smallest absolute Gasteiger partial charge is 0.389 e. The SMILES string of the molecule is O=C(c1ccc2nc(C(N3CCC(c4ccnc5ccc(F)cc45)CC3)C(F)(F)F)[nH]c2c1)N1CC(O)C1. The molecule has 1 unspecified atom stereocenters. The van der Waals surface area contributed by atoms with Crippen LogP contribution in [0.5, 0.6) is 0 Å². The zero-order valence-electron chi connectivity index (χ0n) is 20.2. The number of imidazole rings is 1. The molecular formula is C27H25F4N5O2. The van der Waals surface area contributed by atoms with Crippen molar-refractivity contribution >= 4 is 27.8 Å². The summed E-state index contributed by atoms with van der Waals surface area (Å²) < 4.78 is 57.0. The second kappa shape index (κ2) is 9.32. The van der Waals surface area contributed by atoms with E-state index in [2.05, 4.69) is 15.0 Å². The second-order valence-corrected chi connectivity index (χ2v) is 10.0. The van der Waals surface area contributed by atoms with Gasteiger partial charge in [-0.1, -0.05) is 0 Å². The van der Waals surface area contributed by atoms with Gasteiger partial charge in [0, 0.05) is 30.2 Å². The number of aromatic amines is 1. The van der Waals surface area contributed by atoms with Crippen LogP contribution < -0.4 is 0 Å². The van der Waals surface area contributed by atoms with Gasteiger partial charge in [0.15, 0.2) is 6.04 Å². The number of carbonyl (C=O) groups excluding carboxylic acids is 1. The molecular weight excluding hydrogens is 502 g/mol. The third-order valence-electron chi connectivity index (χ3n) is 7.54. The number of aliphatic hydroxyl groups is 1. The Morgan fingerprint density at radius 1 is 1.05 bits per heavy atom. The lowest BCUT2D eigenvalue weighted by Crippen LogP contribution is -2.53. The third kappa shape index (κ3) is 4.49. The molecule has 2 aliphatic heterocycles. The maximum atomic E-state index is 14.4. The van der Waals surface area contributed by atoms with Crippen molar-refractivity contribution in [3.05, 3.63) is 71.4 Å². The number of halogens is 4. The lowest BCUT2D eigenvalue weighted by atomic mass is 9.87. The first-order chi connectivity index (χ1) is 18.2. The number of amides is 1. The van der Waals surface area contributed by atoms with Crippen LogP contribution in [0.15, 0.2) is 48.7 Å². The number of likely N-dealkylation sites (tertiary alicyclic amines) is 2. The number of β-amino-alcohol motifs (C(OH)–C–C–N with tert-alkyl or cyclic N) is 1. The van der Waals surface area contributed by atoms with Crippen LogP contribution in [0.4, 0.5) is 17.6 Å². The highest BCUT2D eigenvalue weighted by molar-refractivity contribution is 5.97. The minimum atomic E-state index is -4.57. The first-order valence-electron chi connectivity index (χ1n) is 12.5. The molecule has 2 aromatic carbocycles. The van der Waals surface area contributed by atoms with Crippen LogP contribution in [0.2, 0.25) is 0 Å². The van der Waals surface area contributed by atoms with E-state index in [-0.39, 0.29) is 49.6 Å². The minimum Gasteiger partial charge on any atom is -0.389 e. The molecule has 0 bridgehead atoms. The zero-order valence-corrected chi connectivity index (χ0v) is 20.2. The molecule has 0 aliphatic carbocycles. The number of pyridine rings is 1. The molecule has 2 N–H and O–H groups in total. The van der Waals surface area contributed by atoms with Gasteiger partial charge in [-0.2, -0.15) is 13.2 Å². The number of benzene rings is 2. The Labute approximate surface area is 215 Å². The first-order valence-corrected chi connectivity index (χ1v) is 12.5. The van der Waals surface area contributed by atoms with Crippen molar-refractivity contribution in [3.8, 4) is 0 Å². The fourth-order valence-electron chi connectivity index (χ4n) is 5.59. The van der Waals surface area contributed by atoms with E-state index < -0.39 is 18.3 Å². The third-order valence-corrected chi connectivity index (χ3v) is 7.54. The summed E-state index contributed by atoms with van der Waals surface area (Å²) in [7, 11) is 0. The van der Waals surface area contributed by atoms with E-state index >= 15 is 0 Å². The lowest BCUT2D eigenvalue weighted by Gasteiger charge is -2.37. The summed E-state index contributed by atoms with van der Waals surface area (Å²) in [4.78, 5) is 26.8. The maximum Gasteiger partial charge on any atom is 0.411 e. The van der Waals surface area contributed by atoms with Crippen LogP contribution in [0.1, 0.15) is 46.5 Å². The van der Waals surface area contributed by atoms with Gasteiger partial charge in [0.1, 0.15) is 11.6 Å². The predicted octanol–water partition coefficient (Wildman–Crippen LogP) is 4.55. The van der Waals surface area contributed by atoms with E-state index in [1.54, 1.807) is 12.3 Å². The van der Waals surface area contributed by atoms with Crippen molar-refractivity contribution in [1.29, 1.82) is 0 Å². The van der Waals surface area contributed by atoms with Gasteiger partial charge >= 0.3 is 6.18 Å². The van der Waals surface area contributed by atoms with E-state index in [9.17, 15) is 27.5 Å². The number of aliphatic hydroxyl groups excluding tert-OH is 1. The molecule has 2 aliphatic rings. The van der Waals surface area contributed by atoms with Crippen LogP contribution in [0.3, 0.4) is 0 Å². The fraction of sp³-hybridized carbons (Fsp3) is 0.370. The van der Waals surface area contributed by atoms with Crippen LogP contribution in [-0.4, -0.2) is 74.2 Å². The van der Waals surface area contributed by atoms with Crippen molar-refractivity contribution in [2.45, 2.75) is 37.1 Å². The normalized spacial score (nSPS) is 18.7. The number of fused-ring (bicyclic) bond motifs is 2. The lowest BCUT2D eigenvalue weighted by molar-refractivity contribution is -0.191. The van der Waals surface area contributed by atoms with Crippen molar-refractivity contribution in [2.24, 2.45) is 0 Å². The Hall–Kier alpha value is -3.57. The van der Waals surface area contributed by atoms with Gasteiger partial charge in [0.25, 0.3) is 5.91 Å². The van der Waals surface area contributed by atoms with Crippen LogP contribution in [0.25, 0.3) is 21.9 Å². The molecule has 1 amide bonds. The number of H-pyrrole nitrogens is 1. The maximum absolute atomic E-state index is 14.4. The van der Waals surface area contributed by atoms with Gasteiger partial charge in [0.05, 0.1) is 22.7 Å². The largest absolute Gasteiger partial charge is 0.411 e. The van der Waals surface area contributed by atoms with Crippen LogP contribution in [-0.2, 0) is 0 Å². The van der Waals surface area contributed by atoms with Crippen molar-refractivity contribution < 1.29 is 27.5 Å².